The molecule has 0 fully saturated rings. The number of benzene rings is 1. The molecule has 0 saturated heterocycles. The SMILES string of the molecule is CC.CC.CCc1ccccc1C(F)(F)F. The van der Waals surface area contributed by atoms with Gasteiger partial charge in [-0.25, -0.2) is 0 Å². The summed E-state index contributed by atoms with van der Waals surface area (Å²) in [6, 6.07) is 5.64. The van der Waals surface area contributed by atoms with Crippen LogP contribution in [0.3, 0.4) is 0 Å². The van der Waals surface area contributed by atoms with Gasteiger partial charge in [0, 0.05) is 0 Å². The molecule has 0 radical (unpaired) electrons. The van der Waals surface area contributed by atoms with Crippen LogP contribution in [-0.2, 0) is 12.6 Å². The molecule has 1 aromatic rings. The van der Waals surface area contributed by atoms with Crippen molar-refractivity contribution in [1.82, 2.24) is 0 Å². The third-order valence-electron chi connectivity index (χ3n) is 1.70. The highest BCUT2D eigenvalue weighted by atomic mass is 19.4. The first-order chi connectivity index (χ1) is 7.55. The van der Waals surface area contributed by atoms with Crippen LogP contribution in [0.15, 0.2) is 24.3 Å². The van der Waals surface area contributed by atoms with E-state index >= 15 is 0 Å². The minimum atomic E-state index is -4.22. The molecule has 0 atom stereocenters. The van der Waals surface area contributed by atoms with Crippen molar-refractivity contribution in [2.45, 2.75) is 47.2 Å². The van der Waals surface area contributed by atoms with E-state index in [1.165, 1.54) is 12.1 Å². The minimum absolute atomic E-state index is 0.352. The summed E-state index contributed by atoms with van der Waals surface area (Å²) in [6.07, 6.45) is -3.80. The lowest BCUT2D eigenvalue weighted by molar-refractivity contribution is -0.138. The highest BCUT2D eigenvalue weighted by Gasteiger charge is 2.32. The van der Waals surface area contributed by atoms with Gasteiger partial charge in [-0.1, -0.05) is 52.8 Å². The van der Waals surface area contributed by atoms with E-state index in [1.807, 2.05) is 27.7 Å². The molecular formula is C13H21F3. The Bertz CT molecular complexity index is 264. The Morgan fingerprint density at radius 1 is 0.938 bits per heavy atom. The summed E-state index contributed by atoms with van der Waals surface area (Å²) in [5, 5.41) is 0. The van der Waals surface area contributed by atoms with Crippen LogP contribution in [0.25, 0.3) is 0 Å². The Kier molecular flexibility index (Phi) is 10.1. The lowest BCUT2D eigenvalue weighted by Crippen LogP contribution is -2.08. The number of aryl methyl sites for hydroxylation is 1. The lowest BCUT2D eigenvalue weighted by Gasteiger charge is -2.10. The molecule has 0 N–H and O–H groups in total. The predicted molar refractivity (Wildman–Crippen MR) is 63.5 cm³/mol. The van der Waals surface area contributed by atoms with Crippen molar-refractivity contribution >= 4 is 0 Å². The second-order valence-corrected chi connectivity index (χ2v) is 2.51. The fraction of sp³-hybridized carbons (Fsp3) is 0.538. The van der Waals surface area contributed by atoms with Crippen LogP contribution in [0.1, 0.15) is 45.7 Å². The zero-order valence-electron chi connectivity index (χ0n) is 10.7. The van der Waals surface area contributed by atoms with Crippen LogP contribution in [0.5, 0.6) is 0 Å². The first-order valence-corrected chi connectivity index (χ1v) is 5.70. The molecule has 0 nitrogen and oxygen atoms in total. The molecule has 0 aliphatic rings. The summed E-state index contributed by atoms with van der Waals surface area (Å²) < 4.78 is 36.7. The Balaban J connectivity index is 0. The van der Waals surface area contributed by atoms with Crippen molar-refractivity contribution in [3.63, 3.8) is 0 Å². The molecule has 0 unspecified atom stereocenters. The van der Waals surface area contributed by atoms with E-state index in [2.05, 4.69) is 0 Å². The van der Waals surface area contributed by atoms with Gasteiger partial charge in [0.2, 0.25) is 0 Å². The van der Waals surface area contributed by atoms with E-state index in [0.29, 0.717) is 12.0 Å². The van der Waals surface area contributed by atoms with Crippen molar-refractivity contribution in [2.24, 2.45) is 0 Å². The average Bonchev–Trinajstić information content (AvgIpc) is 2.33. The van der Waals surface area contributed by atoms with Crippen molar-refractivity contribution in [3.8, 4) is 0 Å². The molecule has 0 aliphatic heterocycles. The van der Waals surface area contributed by atoms with Crippen molar-refractivity contribution in [1.29, 1.82) is 0 Å². The molecule has 1 rings (SSSR count). The van der Waals surface area contributed by atoms with Gasteiger partial charge in [0.1, 0.15) is 0 Å². The first kappa shape index (κ1) is 17.4. The third kappa shape index (κ3) is 5.79. The standard InChI is InChI=1S/C9H9F3.2C2H6/c1-2-7-5-3-4-6-8(7)9(10,11)12;2*1-2/h3-6H,2H2,1H3;2*1-2H3. The summed E-state index contributed by atoms with van der Waals surface area (Å²) in [4.78, 5) is 0. The van der Waals surface area contributed by atoms with Crippen molar-refractivity contribution in [2.75, 3.05) is 0 Å². The summed E-state index contributed by atoms with van der Waals surface area (Å²) in [6.45, 7) is 9.71. The maximum Gasteiger partial charge on any atom is 0.416 e. The van der Waals surface area contributed by atoms with Crippen LogP contribution in [0.2, 0.25) is 0 Å². The second-order valence-electron chi connectivity index (χ2n) is 2.51. The van der Waals surface area contributed by atoms with Gasteiger partial charge in [0.15, 0.2) is 0 Å². The second kappa shape index (κ2) is 9.25. The average molecular weight is 234 g/mol. The summed E-state index contributed by atoms with van der Waals surface area (Å²) in [5.74, 6) is 0. The van der Waals surface area contributed by atoms with Crippen molar-refractivity contribution in [3.05, 3.63) is 35.4 Å². The lowest BCUT2D eigenvalue weighted by atomic mass is 10.1. The number of rotatable bonds is 1. The normalized spacial score (nSPS) is 9.50. The number of alkyl halides is 3. The van der Waals surface area contributed by atoms with E-state index in [1.54, 1.807) is 13.0 Å². The summed E-state index contributed by atoms with van der Waals surface area (Å²) in [7, 11) is 0. The predicted octanol–water partition coefficient (Wildman–Crippen LogP) is 5.32. The topological polar surface area (TPSA) is 0 Å². The molecule has 16 heavy (non-hydrogen) atoms. The zero-order chi connectivity index (χ0) is 13.2. The smallest absolute Gasteiger partial charge is 0.166 e. The molecular weight excluding hydrogens is 213 g/mol. The van der Waals surface area contributed by atoms with E-state index in [-0.39, 0.29) is 0 Å². The number of hydrogen-bond acceptors (Lipinski definition) is 0. The van der Waals surface area contributed by atoms with E-state index in [4.69, 9.17) is 0 Å². The molecule has 0 spiro atoms. The molecule has 0 aromatic heterocycles. The Labute approximate surface area is 96.5 Å². The molecule has 0 bridgehead atoms. The van der Waals surface area contributed by atoms with Gasteiger partial charge < -0.3 is 0 Å². The van der Waals surface area contributed by atoms with Gasteiger partial charge in [-0.3, -0.25) is 0 Å². The third-order valence-corrected chi connectivity index (χ3v) is 1.70. The summed E-state index contributed by atoms with van der Waals surface area (Å²) in [5.41, 5.74) is -0.169. The van der Waals surface area contributed by atoms with Gasteiger partial charge in [0.05, 0.1) is 5.56 Å². The van der Waals surface area contributed by atoms with Gasteiger partial charge in [-0.2, -0.15) is 13.2 Å². The molecule has 0 heterocycles. The van der Waals surface area contributed by atoms with Gasteiger partial charge in [0.25, 0.3) is 0 Å². The van der Waals surface area contributed by atoms with Crippen LogP contribution >= 0.6 is 0 Å². The Hall–Kier alpha value is -0.990. The fourth-order valence-electron chi connectivity index (χ4n) is 1.11. The highest BCUT2D eigenvalue weighted by molar-refractivity contribution is 5.29. The van der Waals surface area contributed by atoms with Crippen LogP contribution < -0.4 is 0 Å². The van der Waals surface area contributed by atoms with Gasteiger partial charge in [-0.05, 0) is 18.1 Å². The molecule has 0 saturated carbocycles. The fourth-order valence-corrected chi connectivity index (χ4v) is 1.11. The van der Waals surface area contributed by atoms with Crippen molar-refractivity contribution < 1.29 is 13.2 Å². The number of halogens is 3. The molecule has 94 valence electrons. The van der Waals surface area contributed by atoms with Gasteiger partial charge >= 0.3 is 6.18 Å². The van der Waals surface area contributed by atoms with Crippen LogP contribution in [0, 0.1) is 0 Å². The quantitative estimate of drug-likeness (QED) is 0.617. The summed E-state index contributed by atoms with van der Waals surface area (Å²) >= 11 is 0. The van der Waals surface area contributed by atoms with Crippen LogP contribution in [0.4, 0.5) is 13.2 Å². The maximum absolute atomic E-state index is 12.2. The Morgan fingerprint density at radius 3 is 1.69 bits per heavy atom. The highest BCUT2D eigenvalue weighted by Crippen LogP contribution is 2.31. The Morgan fingerprint density at radius 2 is 1.38 bits per heavy atom. The van der Waals surface area contributed by atoms with Crippen LogP contribution in [-0.4, -0.2) is 0 Å². The molecule has 3 heteroatoms. The number of hydrogen-bond donors (Lipinski definition) is 0. The maximum atomic E-state index is 12.2. The molecule has 1 aromatic carbocycles. The monoisotopic (exact) mass is 234 g/mol. The van der Waals surface area contributed by atoms with E-state index in [0.717, 1.165) is 6.07 Å². The zero-order valence-corrected chi connectivity index (χ0v) is 10.7. The molecule has 0 aliphatic carbocycles. The molecule has 0 amide bonds. The van der Waals surface area contributed by atoms with E-state index in [9.17, 15) is 13.2 Å². The minimum Gasteiger partial charge on any atom is -0.166 e. The van der Waals surface area contributed by atoms with E-state index < -0.39 is 11.7 Å². The first-order valence-electron chi connectivity index (χ1n) is 5.70. The largest absolute Gasteiger partial charge is 0.416 e. The van der Waals surface area contributed by atoms with Gasteiger partial charge in [-0.15, -0.1) is 0 Å².